The summed E-state index contributed by atoms with van der Waals surface area (Å²) in [5.74, 6) is 0. The van der Waals surface area contributed by atoms with Gasteiger partial charge in [-0.05, 0) is 121 Å². The molecule has 10 aromatic carbocycles. The zero-order valence-electron chi connectivity index (χ0n) is 37.1. The summed E-state index contributed by atoms with van der Waals surface area (Å²) < 4.78 is 5.19. The van der Waals surface area contributed by atoms with Crippen molar-refractivity contribution in [1.82, 2.24) is 4.57 Å². The van der Waals surface area contributed by atoms with Gasteiger partial charge in [0.05, 0.1) is 22.1 Å². The number of para-hydroxylation sites is 3. The van der Waals surface area contributed by atoms with Crippen LogP contribution >= 0.6 is 11.3 Å². The van der Waals surface area contributed by atoms with E-state index in [9.17, 15) is 0 Å². The highest BCUT2D eigenvalue weighted by molar-refractivity contribution is 7.26. The predicted molar refractivity (Wildman–Crippen MR) is 282 cm³/mol. The molecule has 0 saturated heterocycles. The van der Waals surface area contributed by atoms with Crippen LogP contribution in [0.5, 0.6) is 0 Å². The van der Waals surface area contributed by atoms with E-state index in [4.69, 9.17) is 0 Å². The van der Waals surface area contributed by atoms with E-state index in [0.29, 0.717) is 0 Å². The van der Waals surface area contributed by atoms with Crippen molar-refractivity contribution in [1.29, 1.82) is 0 Å². The van der Waals surface area contributed by atoms with E-state index in [-0.39, 0.29) is 5.41 Å². The third kappa shape index (κ3) is 4.79. The molecule has 0 radical (unpaired) electrons. The fourth-order valence-corrected chi connectivity index (χ4v) is 14.0. The summed E-state index contributed by atoms with van der Waals surface area (Å²) in [5, 5.41) is 5.22. The van der Waals surface area contributed by atoms with Gasteiger partial charge in [-0.1, -0.05) is 178 Å². The third-order valence-corrected chi connectivity index (χ3v) is 16.8. The summed E-state index contributed by atoms with van der Waals surface area (Å²) in [7, 11) is 0. The Morgan fingerprint density at radius 3 is 1.76 bits per heavy atom. The number of fused-ring (bicyclic) bond motifs is 18. The van der Waals surface area contributed by atoms with Crippen LogP contribution < -0.4 is 4.90 Å². The van der Waals surface area contributed by atoms with Crippen LogP contribution in [0.3, 0.4) is 0 Å². The predicted octanol–water partition coefficient (Wildman–Crippen LogP) is 17.3. The molecule has 67 heavy (non-hydrogen) atoms. The molecule has 0 N–H and O–H groups in total. The van der Waals surface area contributed by atoms with Crippen molar-refractivity contribution in [3.05, 3.63) is 252 Å². The fraction of sp³-hybridized carbons (Fsp3) is 0.0625. The van der Waals surface area contributed by atoms with Crippen molar-refractivity contribution in [2.45, 2.75) is 24.7 Å². The lowest BCUT2D eigenvalue weighted by molar-refractivity contribution is 0.660. The van der Waals surface area contributed by atoms with Crippen molar-refractivity contribution in [3.8, 4) is 39.1 Å². The number of nitrogens with zero attached hydrogens (tertiary/aromatic N) is 2. The first-order valence-electron chi connectivity index (χ1n) is 23.4. The Hall–Kier alpha value is -7.98. The average molecular weight is 871 g/mol. The molecule has 3 aliphatic rings. The van der Waals surface area contributed by atoms with Gasteiger partial charge in [-0.15, -0.1) is 11.3 Å². The molecule has 2 aromatic heterocycles. The molecule has 3 heteroatoms. The first-order chi connectivity index (χ1) is 33.0. The van der Waals surface area contributed by atoms with Crippen LogP contribution in [0.25, 0.3) is 81.0 Å². The van der Waals surface area contributed by atoms with E-state index in [1.54, 1.807) is 0 Å². The van der Waals surface area contributed by atoms with Gasteiger partial charge in [0, 0.05) is 53.4 Å². The van der Waals surface area contributed by atoms with Crippen molar-refractivity contribution in [2.75, 3.05) is 4.90 Å². The van der Waals surface area contributed by atoms with Gasteiger partial charge in [0.25, 0.3) is 0 Å². The quantitative estimate of drug-likeness (QED) is 0.171. The Bertz CT molecular complexity index is 4090. The van der Waals surface area contributed by atoms with Crippen molar-refractivity contribution < 1.29 is 0 Å². The van der Waals surface area contributed by atoms with Crippen LogP contribution in [0.15, 0.2) is 218 Å². The molecule has 0 amide bonds. The maximum absolute atomic E-state index is 2.53. The zero-order valence-corrected chi connectivity index (χ0v) is 37.9. The second kappa shape index (κ2) is 13.3. The molecule has 314 valence electrons. The standard InChI is InChI=1S/C64H42N2S/c1-63(2)52-22-7-3-15-44(52)46-35-33-41(37-56(46)63)65(40-31-29-39(30-32-40)43-19-13-21-51-49-18-6-12-28-60(49)67-62(43)51)42-34-36-47-45-16-4-8-23-53(45)64(57(47)38-42)54-24-9-11-27-59(54)66-58-26-10-5-17-48(58)50-20-14-25-55(64)61(50)66/h3-38H,1-2H3. The van der Waals surface area contributed by atoms with Crippen LogP contribution in [0.1, 0.15) is 47.2 Å². The van der Waals surface area contributed by atoms with Crippen LogP contribution in [-0.2, 0) is 10.8 Å². The van der Waals surface area contributed by atoms with Gasteiger partial charge >= 0.3 is 0 Å². The Kier molecular flexibility index (Phi) is 7.41. The highest BCUT2D eigenvalue weighted by Gasteiger charge is 2.51. The molecular formula is C64H42N2S. The minimum absolute atomic E-state index is 0.146. The Labute approximate surface area is 393 Å². The van der Waals surface area contributed by atoms with E-state index in [1.807, 2.05) is 11.3 Å². The average Bonchev–Trinajstić information content (AvgIpc) is 4.08. The minimum Gasteiger partial charge on any atom is -0.310 e. The molecule has 1 atom stereocenters. The first kappa shape index (κ1) is 37.3. The van der Waals surface area contributed by atoms with Crippen LogP contribution in [0.2, 0.25) is 0 Å². The number of hydrogen-bond acceptors (Lipinski definition) is 2. The lowest BCUT2D eigenvalue weighted by atomic mass is 9.65. The highest BCUT2D eigenvalue weighted by Crippen LogP contribution is 2.62. The second-order valence-electron chi connectivity index (χ2n) is 19.2. The molecular weight excluding hydrogens is 829 g/mol. The van der Waals surface area contributed by atoms with Crippen molar-refractivity contribution in [3.63, 3.8) is 0 Å². The number of rotatable bonds is 4. The fourth-order valence-electron chi connectivity index (χ4n) is 12.7. The molecule has 2 nitrogen and oxygen atoms in total. The Morgan fingerprint density at radius 2 is 0.940 bits per heavy atom. The van der Waals surface area contributed by atoms with Crippen LogP contribution in [0, 0.1) is 0 Å². The van der Waals surface area contributed by atoms with Gasteiger partial charge < -0.3 is 9.47 Å². The largest absolute Gasteiger partial charge is 0.310 e. The van der Waals surface area contributed by atoms with Gasteiger partial charge in [0.2, 0.25) is 0 Å². The van der Waals surface area contributed by atoms with Crippen molar-refractivity contribution in [2.24, 2.45) is 0 Å². The molecule has 12 aromatic rings. The molecule has 2 aliphatic carbocycles. The summed E-state index contributed by atoms with van der Waals surface area (Å²) in [6.07, 6.45) is 0. The summed E-state index contributed by atoms with van der Waals surface area (Å²) in [4.78, 5) is 2.51. The lowest BCUT2D eigenvalue weighted by Crippen LogP contribution is -2.33. The van der Waals surface area contributed by atoms with E-state index in [1.165, 1.54) is 114 Å². The third-order valence-electron chi connectivity index (χ3n) is 15.6. The molecule has 1 unspecified atom stereocenters. The maximum atomic E-state index is 2.53. The molecule has 3 heterocycles. The van der Waals surface area contributed by atoms with Gasteiger partial charge in [-0.3, -0.25) is 0 Å². The lowest BCUT2D eigenvalue weighted by Gasteiger charge is -2.40. The summed E-state index contributed by atoms with van der Waals surface area (Å²) in [5.41, 5.74) is 22.2. The smallest absolute Gasteiger partial charge is 0.0755 e. The Morgan fingerprint density at radius 1 is 0.388 bits per heavy atom. The van der Waals surface area contributed by atoms with Gasteiger partial charge in [-0.25, -0.2) is 0 Å². The molecule has 0 saturated carbocycles. The number of anilines is 3. The first-order valence-corrected chi connectivity index (χ1v) is 24.2. The van der Waals surface area contributed by atoms with E-state index in [0.717, 1.165) is 17.1 Å². The van der Waals surface area contributed by atoms with Gasteiger partial charge in [0.1, 0.15) is 0 Å². The molecule has 1 aliphatic heterocycles. The summed E-state index contributed by atoms with van der Waals surface area (Å²) in [6.45, 7) is 4.76. The van der Waals surface area contributed by atoms with E-state index < -0.39 is 5.41 Å². The van der Waals surface area contributed by atoms with Crippen LogP contribution in [-0.4, -0.2) is 4.57 Å². The highest BCUT2D eigenvalue weighted by atomic mass is 32.1. The van der Waals surface area contributed by atoms with E-state index in [2.05, 4.69) is 242 Å². The van der Waals surface area contributed by atoms with Gasteiger partial charge in [0.15, 0.2) is 0 Å². The number of hydrogen-bond donors (Lipinski definition) is 0. The molecule has 1 spiro atoms. The topological polar surface area (TPSA) is 8.17 Å². The normalized spacial score (nSPS) is 15.8. The van der Waals surface area contributed by atoms with Crippen LogP contribution in [0.4, 0.5) is 17.1 Å². The Balaban J connectivity index is 0.977. The zero-order chi connectivity index (χ0) is 44.2. The maximum Gasteiger partial charge on any atom is 0.0755 e. The number of benzene rings is 10. The van der Waals surface area contributed by atoms with Crippen molar-refractivity contribution >= 4 is 70.4 Å². The summed E-state index contributed by atoms with van der Waals surface area (Å²) >= 11 is 1.89. The summed E-state index contributed by atoms with van der Waals surface area (Å²) in [6, 6.07) is 82.6. The molecule has 15 rings (SSSR count). The SMILES string of the molecule is CC1(C)c2ccccc2-c2ccc(N(c3ccc(-c4cccc5c4sc4ccccc45)cc3)c3ccc4c(c3)C3(c5ccccc5-4)c4ccccc4-n4c5ccccc5c5cccc3c54)cc21. The molecule has 0 fully saturated rings. The molecule has 0 bridgehead atoms. The van der Waals surface area contributed by atoms with E-state index >= 15 is 0 Å². The second-order valence-corrected chi connectivity index (χ2v) is 20.2. The minimum atomic E-state index is -0.553. The van der Waals surface area contributed by atoms with Gasteiger partial charge in [-0.2, -0.15) is 0 Å². The number of aromatic nitrogens is 1. The monoisotopic (exact) mass is 870 g/mol. The number of thiophene rings is 1.